The maximum atomic E-state index is 12.0. The minimum absolute atomic E-state index is 0.0246. The SMILES string of the molecule is CC(=O)N(CCC(=O)NC1CCCCC1)C1CCS(=O)(=O)C1. The van der Waals surface area contributed by atoms with Gasteiger partial charge in [-0.2, -0.15) is 0 Å². The average molecular weight is 330 g/mol. The molecule has 2 fully saturated rings. The molecule has 1 heterocycles. The van der Waals surface area contributed by atoms with Crippen LogP contribution in [-0.4, -0.2) is 55.3 Å². The third-order valence-corrected chi connectivity index (χ3v) is 6.35. The van der Waals surface area contributed by atoms with Gasteiger partial charge in [0.05, 0.1) is 11.5 Å². The molecule has 0 aromatic carbocycles. The topological polar surface area (TPSA) is 83.6 Å². The molecule has 1 N–H and O–H groups in total. The van der Waals surface area contributed by atoms with E-state index >= 15 is 0 Å². The minimum Gasteiger partial charge on any atom is -0.353 e. The summed E-state index contributed by atoms with van der Waals surface area (Å²) in [5.41, 5.74) is 0. The van der Waals surface area contributed by atoms with Gasteiger partial charge in [-0.1, -0.05) is 19.3 Å². The van der Waals surface area contributed by atoms with Crippen LogP contribution in [0.2, 0.25) is 0 Å². The van der Waals surface area contributed by atoms with E-state index in [0.717, 1.165) is 25.7 Å². The first-order valence-corrected chi connectivity index (χ1v) is 9.96. The van der Waals surface area contributed by atoms with Crippen LogP contribution in [0.25, 0.3) is 0 Å². The summed E-state index contributed by atoms with van der Waals surface area (Å²) in [5, 5.41) is 3.02. The Morgan fingerprint density at radius 3 is 2.36 bits per heavy atom. The van der Waals surface area contributed by atoms with E-state index in [-0.39, 0.29) is 41.8 Å². The van der Waals surface area contributed by atoms with Crippen molar-refractivity contribution in [3.05, 3.63) is 0 Å². The van der Waals surface area contributed by atoms with Crippen LogP contribution in [0.3, 0.4) is 0 Å². The maximum absolute atomic E-state index is 12.0. The standard InChI is InChI=1S/C15H26N2O4S/c1-12(18)17(14-8-10-22(20,21)11-14)9-7-15(19)16-13-5-3-2-4-6-13/h13-14H,2-11H2,1H3,(H,16,19). The first-order chi connectivity index (χ1) is 10.4. The van der Waals surface area contributed by atoms with Gasteiger partial charge in [-0.15, -0.1) is 0 Å². The van der Waals surface area contributed by atoms with Crippen LogP contribution >= 0.6 is 0 Å². The fourth-order valence-electron chi connectivity index (χ4n) is 3.39. The number of nitrogens with zero attached hydrogens (tertiary/aromatic N) is 1. The lowest BCUT2D eigenvalue weighted by molar-refractivity contribution is -0.131. The second-order valence-corrected chi connectivity index (χ2v) is 8.65. The van der Waals surface area contributed by atoms with Crippen molar-refractivity contribution in [2.24, 2.45) is 0 Å². The Bertz CT molecular complexity index is 512. The van der Waals surface area contributed by atoms with E-state index in [1.54, 1.807) is 4.90 Å². The summed E-state index contributed by atoms with van der Waals surface area (Å²) in [6.07, 6.45) is 6.33. The highest BCUT2D eigenvalue weighted by molar-refractivity contribution is 7.91. The molecule has 0 aromatic rings. The van der Waals surface area contributed by atoms with Gasteiger partial charge < -0.3 is 10.2 Å². The normalized spacial score (nSPS) is 24.9. The molecule has 1 atom stereocenters. The molecule has 126 valence electrons. The molecule has 0 spiro atoms. The number of nitrogens with one attached hydrogen (secondary N) is 1. The zero-order valence-electron chi connectivity index (χ0n) is 13.2. The molecule has 0 radical (unpaired) electrons. The lowest BCUT2D eigenvalue weighted by atomic mass is 9.95. The van der Waals surface area contributed by atoms with E-state index in [0.29, 0.717) is 13.0 Å². The number of carbonyl (C=O) groups excluding carboxylic acids is 2. The molecule has 1 aliphatic carbocycles. The van der Waals surface area contributed by atoms with Crippen LogP contribution in [0.4, 0.5) is 0 Å². The Kier molecular flexibility index (Phi) is 5.83. The van der Waals surface area contributed by atoms with Gasteiger partial charge in [0.25, 0.3) is 0 Å². The molecule has 0 bridgehead atoms. The van der Waals surface area contributed by atoms with Gasteiger partial charge in [0.1, 0.15) is 0 Å². The van der Waals surface area contributed by atoms with Crippen LogP contribution in [0.5, 0.6) is 0 Å². The number of hydrogen-bond donors (Lipinski definition) is 1. The van der Waals surface area contributed by atoms with Crippen molar-refractivity contribution in [3.8, 4) is 0 Å². The van der Waals surface area contributed by atoms with Crippen LogP contribution in [0.15, 0.2) is 0 Å². The van der Waals surface area contributed by atoms with Crippen LogP contribution < -0.4 is 5.32 Å². The lowest BCUT2D eigenvalue weighted by Crippen LogP contribution is -2.43. The Morgan fingerprint density at radius 1 is 1.14 bits per heavy atom. The summed E-state index contributed by atoms with van der Waals surface area (Å²) in [4.78, 5) is 25.3. The Labute approximate surface area is 132 Å². The fraction of sp³-hybridized carbons (Fsp3) is 0.867. The van der Waals surface area contributed by atoms with Gasteiger partial charge in [-0.25, -0.2) is 8.42 Å². The molecule has 1 unspecified atom stereocenters. The van der Waals surface area contributed by atoms with Crippen LogP contribution in [-0.2, 0) is 19.4 Å². The molecular weight excluding hydrogens is 304 g/mol. The number of sulfone groups is 1. The first-order valence-electron chi connectivity index (χ1n) is 8.14. The molecule has 7 heteroatoms. The first kappa shape index (κ1) is 17.2. The van der Waals surface area contributed by atoms with Crippen LogP contribution in [0.1, 0.15) is 51.9 Å². The lowest BCUT2D eigenvalue weighted by Gasteiger charge is -2.27. The molecule has 6 nitrogen and oxygen atoms in total. The molecule has 0 aromatic heterocycles. The van der Waals surface area contributed by atoms with E-state index < -0.39 is 9.84 Å². The van der Waals surface area contributed by atoms with E-state index in [1.165, 1.54) is 13.3 Å². The van der Waals surface area contributed by atoms with Crippen molar-refractivity contribution in [2.45, 2.75) is 64.0 Å². The van der Waals surface area contributed by atoms with Gasteiger partial charge >= 0.3 is 0 Å². The molecular formula is C15H26N2O4S. The Balaban J connectivity index is 1.81. The van der Waals surface area contributed by atoms with Crippen molar-refractivity contribution in [1.29, 1.82) is 0 Å². The molecule has 22 heavy (non-hydrogen) atoms. The summed E-state index contributed by atoms with van der Waals surface area (Å²) in [5.74, 6) is -0.0430. The zero-order chi connectivity index (χ0) is 16.2. The summed E-state index contributed by atoms with van der Waals surface area (Å²) in [6.45, 7) is 1.73. The van der Waals surface area contributed by atoms with E-state index in [2.05, 4.69) is 5.32 Å². The molecule has 2 amide bonds. The number of hydrogen-bond acceptors (Lipinski definition) is 4. The number of amides is 2. The maximum Gasteiger partial charge on any atom is 0.221 e. The number of rotatable bonds is 5. The van der Waals surface area contributed by atoms with Crippen molar-refractivity contribution in [1.82, 2.24) is 10.2 Å². The molecule has 1 saturated heterocycles. The van der Waals surface area contributed by atoms with E-state index in [4.69, 9.17) is 0 Å². The van der Waals surface area contributed by atoms with Crippen molar-refractivity contribution < 1.29 is 18.0 Å². The summed E-state index contributed by atoms with van der Waals surface area (Å²) >= 11 is 0. The summed E-state index contributed by atoms with van der Waals surface area (Å²) in [6, 6.07) is -0.0103. The smallest absolute Gasteiger partial charge is 0.221 e. The second-order valence-electron chi connectivity index (χ2n) is 6.42. The van der Waals surface area contributed by atoms with Gasteiger partial charge in [-0.3, -0.25) is 9.59 Å². The Morgan fingerprint density at radius 2 is 1.82 bits per heavy atom. The molecule has 2 rings (SSSR count). The highest BCUT2D eigenvalue weighted by Gasteiger charge is 2.33. The molecule has 1 saturated carbocycles. The predicted molar refractivity (Wildman–Crippen MR) is 84.1 cm³/mol. The van der Waals surface area contributed by atoms with E-state index in [9.17, 15) is 18.0 Å². The minimum atomic E-state index is -3.03. The number of carbonyl (C=O) groups is 2. The Hall–Kier alpha value is -1.11. The quantitative estimate of drug-likeness (QED) is 0.810. The average Bonchev–Trinajstić information content (AvgIpc) is 2.80. The summed E-state index contributed by atoms with van der Waals surface area (Å²) in [7, 11) is -3.03. The fourth-order valence-corrected chi connectivity index (χ4v) is 5.12. The van der Waals surface area contributed by atoms with Crippen molar-refractivity contribution >= 4 is 21.7 Å². The predicted octanol–water partition coefficient (Wildman–Crippen LogP) is 0.861. The van der Waals surface area contributed by atoms with Crippen molar-refractivity contribution in [3.63, 3.8) is 0 Å². The third-order valence-electron chi connectivity index (χ3n) is 4.60. The van der Waals surface area contributed by atoms with Crippen LogP contribution in [0, 0.1) is 0 Å². The van der Waals surface area contributed by atoms with Gasteiger partial charge in [0, 0.05) is 32.0 Å². The molecule has 2 aliphatic rings. The summed E-state index contributed by atoms with van der Waals surface area (Å²) < 4.78 is 23.1. The van der Waals surface area contributed by atoms with Gasteiger partial charge in [0.15, 0.2) is 9.84 Å². The van der Waals surface area contributed by atoms with Gasteiger partial charge in [-0.05, 0) is 19.3 Å². The van der Waals surface area contributed by atoms with Crippen molar-refractivity contribution in [2.75, 3.05) is 18.1 Å². The van der Waals surface area contributed by atoms with E-state index in [1.807, 2.05) is 0 Å². The highest BCUT2D eigenvalue weighted by Crippen LogP contribution is 2.19. The monoisotopic (exact) mass is 330 g/mol. The van der Waals surface area contributed by atoms with Gasteiger partial charge in [0.2, 0.25) is 11.8 Å². The third kappa shape index (κ3) is 4.97. The molecule has 1 aliphatic heterocycles. The highest BCUT2D eigenvalue weighted by atomic mass is 32.2. The largest absolute Gasteiger partial charge is 0.353 e. The second kappa shape index (κ2) is 7.44. The zero-order valence-corrected chi connectivity index (χ0v) is 14.0.